The SMILES string of the molecule is CCOCNC(CSCc1ccccc1)C(=O)NC(C)CC. The average Bonchev–Trinajstić information content (AvgIpc) is 2.54. The second-order valence-corrected chi connectivity index (χ2v) is 6.24. The predicted molar refractivity (Wildman–Crippen MR) is 93.9 cm³/mol. The van der Waals surface area contributed by atoms with Gasteiger partial charge in [-0.2, -0.15) is 11.8 Å². The van der Waals surface area contributed by atoms with E-state index < -0.39 is 0 Å². The largest absolute Gasteiger partial charge is 0.367 e. The van der Waals surface area contributed by atoms with Gasteiger partial charge in [0.15, 0.2) is 0 Å². The van der Waals surface area contributed by atoms with Gasteiger partial charge in [0.05, 0.1) is 12.8 Å². The fraction of sp³-hybridized carbons (Fsp3) is 0.588. The van der Waals surface area contributed by atoms with Gasteiger partial charge in [0.1, 0.15) is 0 Å². The molecule has 2 unspecified atom stereocenters. The molecule has 0 aliphatic carbocycles. The molecule has 5 heteroatoms. The van der Waals surface area contributed by atoms with Crippen molar-refractivity contribution in [2.24, 2.45) is 0 Å². The van der Waals surface area contributed by atoms with E-state index in [4.69, 9.17) is 4.74 Å². The molecule has 1 aromatic carbocycles. The number of hydrogen-bond donors (Lipinski definition) is 2. The number of rotatable bonds is 11. The van der Waals surface area contributed by atoms with Gasteiger partial charge in [-0.1, -0.05) is 37.3 Å². The molecule has 1 amide bonds. The lowest BCUT2D eigenvalue weighted by Gasteiger charge is -2.20. The third-order valence-electron chi connectivity index (χ3n) is 3.35. The first-order chi connectivity index (χ1) is 10.7. The van der Waals surface area contributed by atoms with E-state index in [2.05, 4.69) is 29.7 Å². The van der Waals surface area contributed by atoms with Crippen molar-refractivity contribution >= 4 is 17.7 Å². The van der Waals surface area contributed by atoms with Crippen LogP contribution in [0.4, 0.5) is 0 Å². The molecule has 0 bridgehead atoms. The maximum Gasteiger partial charge on any atom is 0.238 e. The Morgan fingerprint density at radius 3 is 2.64 bits per heavy atom. The number of nitrogens with one attached hydrogen (secondary N) is 2. The van der Waals surface area contributed by atoms with Crippen molar-refractivity contribution in [3.8, 4) is 0 Å². The van der Waals surface area contributed by atoms with Crippen LogP contribution in [-0.4, -0.2) is 37.1 Å². The summed E-state index contributed by atoms with van der Waals surface area (Å²) in [5.41, 5.74) is 1.28. The number of thioether (sulfide) groups is 1. The van der Waals surface area contributed by atoms with Crippen LogP contribution in [0.1, 0.15) is 32.8 Å². The van der Waals surface area contributed by atoms with Crippen LogP contribution in [0, 0.1) is 0 Å². The van der Waals surface area contributed by atoms with Gasteiger partial charge in [0.25, 0.3) is 0 Å². The van der Waals surface area contributed by atoms with Crippen LogP contribution in [0.25, 0.3) is 0 Å². The normalized spacial score (nSPS) is 13.6. The van der Waals surface area contributed by atoms with Gasteiger partial charge in [0, 0.05) is 24.2 Å². The lowest BCUT2D eigenvalue weighted by molar-refractivity contribution is -0.123. The highest BCUT2D eigenvalue weighted by Gasteiger charge is 2.19. The summed E-state index contributed by atoms with van der Waals surface area (Å²) < 4.78 is 5.31. The molecule has 0 saturated carbocycles. The molecule has 1 rings (SSSR count). The minimum Gasteiger partial charge on any atom is -0.367 e. The van der Waals surface area contributed by atoms with Crippen LogP contribution in [0.15, 0.2) is 30.3 Å². The molecule has 0 fully saturated rings. The van der Waals surface area contributed by atoms with E-state index in [1.54, 1.807) is 11.8 Å². The van der Waals surface area contributed by atoms with Crippen LogP contribution in [-0.2, 0) is 15.3 Å². The number of benzene rings is 1. The third kappa shape index (κ3) is 7.82. The van der Waals surface area contributed by atoms with E-state index >= 15 is 0 Å². The summed E-state index contributed by atoms with van der Waals surface area (Å²) in [6.45, 7) is 7.08. The second kappa shape index (κ2) is 11.5. The van der Waals surface area contributed by atoms with Crippen LogP contribution in [0.2, 0.25) is 0 Å². The van der Waals surface area contributed by atoms with Gasteiger partial charge in [-0.3, -0.25) is 10.1 Å². The summed E-state index contributed by atoms with van der Waals surface area (Å²) in [5.74, 6) is 1.68. The van der Waals surface area contributed by atoms with Gasteiger partial charge in [-0.25, -0.2) is 0 Å². The lowest BCUT2D eigenvalue weighted by atomic mass is 10.2. The van der Waals surface area contributed by atoms with Crippen molar-refractivity contribution in [2.45, 2.75) is 45.0 Å². The molecule has 4 nitrogen and oxygen atoms in total. The molecular formula is C17H28N2O2S. The van der Waals surface area contributed by atoms with Crippen molar-refractivity contribution in [3.05, 3.63) is 35.9 Å². The Bertz CT molecular complexity index is 414. The Kier molecular flexibility index (Phi) is 9.95. The molecular weight excluding hydrogens is 296 g/mol. The highest BCUT2D eigenvalue weighted by Crippen LogP contribution is 2.13. The van der Waals surface area contributed by atoms with E-state index in [1.165, 1.54) is 5.56 Å². The molecule has 22 heavy (non-hydrogen) atoms. The second-order valence-electron chi connectivity index (χ2n) is 5.21. The number of ether oxygens (including phenoxy) is 1. The zero-order valence-electron chi connectivity index (χ0n) is 13.8. The zero-order chi connectivity index (χ0) is 16.2. The Morgan fingerprint density at radius 1 is 1.27 bits per heavy atom. The standard InChI is InChI=1S/C17H28N2O2S/c1-4-14(3)19-17(20)16(18-13-21-5-2)12-22-11-15-9-7-6-8-10-15/h6-10,14,16,18H,4-5,11-13H2,1-3H3,(H,19,20). The van der Waals surface area contributed by atoms with Crippen molar-refractivity contribution in [3.63, 3.8) is 0 Å². The quantitative estimate of drug-likeness (QED) is 0.485. The summed E-state index contributed by atoms with van der Waals surface area (Å²) in [7, 11) is 0. The van der Waals surface area contributed by atoms with Crippen LogP contribution >= 0.6 is 11.8 Å². The summed E-state index contributed by atoms with van der Waals surface area (Å²) in [4.78, 5) is 12.3. The van der Waals surface area contributed by atoms with Gasteiger partial charge < -0.3 is 10.1 Å². The van der Waals surface area contributed by atoms with Gasteiger partial charge in [-0.05, 0) is 25.8 Å². The first-order valence-electron chi connectivity index (χ1n) is 7.90. The molecule has 124 valence electrons. The maximum absolute atomic E-state index is 12.3. The van der Waals surface area contributed by atoms with Crippen molar-refractivity contribution in [2.75, 3.05) is 19.1 Å². The Labute approximate surface area is 138 Å². The third-order valence-corrected chi connectivity index (χ3v) is 4.46. The van der Waals surface area contributed by atoms with E-state index in [0.29, 0.717) is 13.3 Å². The van der Waals surface area contributed by atoms with Crippen LogP contribution < -0.4 is 10.6 Å². The van der Waals surface area contributed by atoms with Crippen LogP contribution in [0.3, 0.4) is 0 Å². The first-order valence-corrected chi connectivity index (χ1v) is 9.06. The first kappa shape index (κ1) is 19.0. The smallest absolute Gasteiger partial charge is 0.238 e. The molecule has 0 saturated heterocycles. The van der Waals surface area contributed by atoms with E-state index in [-0.39, 0.29) is 18.0 Å². The van der Waals surface area contributed by atoms with Crippen molar-refractivity contribution in [1.82, 2.24) is 10.6 Å². The summed E-state index contributed by atoms with van der Waals surface area (Å²) in [6, 6.07) is 10.3. The van der Waals surface area contributed by atoms with E-state index in [0.717, 1.165) is 17.9 Å². The lowest BCUT2D eigenvalue weighted by Crippen LogP contribution is -2.49. The number of amides is 1. The number of carbonyl (C=O) groups is 1. The fourth-order valence-electron chi connectivity index (χ4n) is 1.80. The Hall–Kier alpha value is -1.04. The zero-order valence-corrected chi connectivity index (χ0v) is 14.6. The van der Waals surface area contributed by atoms with Crippen LogP contribution in [0.5, 0.6) is 0 Å². The van der Waals surface area contributed by atoms with E-state index in [9.17, 15) is 4.79 Å². The molecule has 0 aliphatic heterocycles. The number of hydrogen-bond acceptors (Lipinski definition) is 4. The molecule has 2 N–H and O–H groups in total. The van der Waals surface area contributed by atoms with Crippen molar-refractivity contribution < 1.29 is 9.53 Å². The van der Waals surface area contributed by atoms with Crippen molar-refractivity contribution in [1.29, 1.82) is 0 Å². The average molecular weight is 324 g/mol. The molecule has 0 heterocycles. The van der Waals surface area contributed by atoms with Gasteiger partial charge in [-0.15, -0.1) is 0 Å². The molecule has 0 spiro atoms. The molecule has 0 radical (unpaired) electrons. The Balaban J connectivity index is 2.44. The molecule has 0 aromatic heterocycles. The minimum absolute atomic E-state index is 0.0506. The molecule has 2 atom stereocenters. The maximum atomic E-state index is 12.3. The van der Waals surface area contributed by atoms with E-state index in [1.807, 2.05) is 32.0 Å². The molecule has 0 aliphatic rings. The summed E-state index contributed by atoms with van der Waals surface area (Å²) in [5, 5.41) is 6.22. The fourth-order valence-corrected chi connectivity index (χ4v) is 2.85. The highest BCUT2D eigenvalue weighted by molar-refractivity contribution is 7.98. The highest BCUT2D eigenvalue weighted by atomic mass is 32.2. The predicted octanol–water partition coefficient (Wildman–Crippen LogP) is 2.79. The van der Waals surface area contributed by atoms with Gasteiger partial charge in [0.2, 0.25) is 5.91 Å². The Morgan fingerprint density at radius 2 is 2.00 bits per heavy atom. The monoisotopic (exact) mass is 324 g/mol. The molecule has 1 aromatic rings. The minimum atomic E-state index is -0.228. The summed E-state index contributed by atoms with van der Waals surface area (Å²) >= 11 is 1.76. The topological polar surface area (TPSA) is 50.4 Å². The summed E-state index contributed by atoms with van der Waals surface area (Å²) in [6.07, 6.45) is 0.932. The number of carbonyl (C=O) groups excluding carboxylic acids is 1. The van der Waals surface area contributed by atoms with Gasteiger partial charge >= 0.3 is 0 Å².